The van der Waals surface area contributed by atoms with Crippen LogP contribution in [0.5, 0.6) is 11.5 Å². The maximum absolute atomic E-state index is 13.7. The van der Waals surface area contributed by atoms with Crippen molar-refractivity contribution in [3.63, 3.8) is 0 Å². The summed E-state index contributed by atoms with van der Waals surface area (Å²) in [6.45, 7) is 3.94. The van der Waals surface area contributed by atoms with Crippen molar-refractivity contribution in [1.82, 2.24) is 0 Å². The topological polar surface area (TPSA) is 67.9 Å². The fourth-order valence-corrected chi connectivity index (χ4v) is 4.80. The number of benzene rings is 3. The summed E-state index contributed by atoms with van der Waals surface area (Å²) in [6, 6.07) is 18.4. The lowest BCUT2D eigenvalue weighted by Crippen LogP contribution is -2.27. The van der Waals surface area contributed by atoms with Gasteiger partial charge in [0.15, 0.2) is 22.4 Å². The predicted molar refractivity (Wildman–Crippen MR) is 145 cm³/mol. The van der Waals surface area contributed by atoms with Crippen LogP contribution in [0.25, 0.3) is 6.08 Å². The molecule has 0 spiro atoms. The normalized spacial score (nSPS) is 14.3. The number of amides is 2. The van der Waals surface area contributed by atoms with Gasteiger partial charge in [0, 0.05) is 5.69 Å². The Kier molecular flexibility index (Phi) is 8.02. The number of anilines is 2. The number of nitrogens with zero attached hydrogens (tertiary/aromatic N) is 1. The average Bonchev–Trinajstić information content (AvgIpc) is 3.12. The van der Waals surface area contributed by atoms with Gasteiger partial charge in [-0.15, -0.1) is 0 Å². The number of halogens is 1. The molecular weight excluding hydrogens is 499 g/mol. The third-order valence-corrected chi connectivity index (χ3v) is 6.51. The number of hydrogen-bond acceptors (Lipinski definition) is 6. The number of carbonyl (C=O) groups is 2. The van der Waals surface area contributed by atoms with Crippen molar-refractivity contribution in [2.45, 2.75) is 13.8 Å². The van der Waals surface area contributed by atoms with Crippen LogP contribution >= 0.6 is 24.0 Å². The van der Waals surface area contributed by atoms with Crippen molar-refractivity contribution in [1.29, 1.82) is 0 Å². The first-order valence-corrected chi connectivity index (χ1v) is 12.4. The first kappa shape index (κ1) is 25.4. The van der Waals surface area contributed by atoms with Gasteiger partial charge < -0.3 is 14.8 Å². The maximum atomic E-state index is 13.7. The number of ether oxygens (including phenoxy) is 2. The Morgan fingerprint density at radius 2 is 1.89 bits per heavy atom. The van der Waals surface area contributed by atoms with E-state index in [9.17, 15) is 14.0 Å². The summed E-state index contributed by atoms with van der Waals surface area (Å²) in [5, 5.41) is 2.83. The molecule has 1 heterocycles. The van der Waals surface area contributed by atoms with E-state index in [2.05, 4.69) is 5.32 Å². The zero-order valence-corrected chi connectivity index (χ0v) is 21.3. The van der Waals surface area contributed by atoms with Crippen molar-refractivity contribution in [3.05, 3.63) is 88.6 Å². The van der Waals surface area contributed by atoms with E-state index in [0.29, 0.717) is 38.6 Å². The van der Waals surface area contributed by atoms with Crippen LogP contribution in [-0.2, 0) is 9.59 Å². The van der Waals surface area contributed by atoms with Crippen molar-refractivity contribution in [2.24, 2.45) is 0 Å². The Hall–Kier alpha value is -3.69. The fraction of sp³-hybridized carbons (Fsp3) is 0.148. The van der Waals surface area contributed by atoms with Gasteiger partial charge in [0.1, 0.15) is 5.82 Å². The van der Waals surface area contributed by atoms with E-state index in [4.69, 9.17) is 21.7 Å². The molecule has 3 aromatic carbocycles. The molecule has 0 bridgehead atoms. The lowest BCUT2D eigenvalue weighted by molar-refractivity contribution is -0.118. The molecular formula is C27H23FN2O4S2. The molecule has 1 saturated heterocycles. The minimum Gasteiger partial charge on any atom is -0.490 e. The minimum atomic E-state index is -0.449. The van der Waals surface area contributed by atoms with Crippen LogP contribution in [0.1, 0.15) is 18.1 Å². The highest BCUT2D eigenvalue weighted by atomic mass is 32.2. The van der Waals surface area contributed by atoms with Gasteiger partial charge in [0.25, 0.3) is 11.8 Å². The third-order valence-electron chi connectivity index (χ3n) is 5.20. The molecule has 0 atom stereocenters. The monoisotopic (exact) mass is 522 g/mol. The van der Waals surface area contributed by atoms with E-state index in [-0.39, 0.29) is 18.4 Å². The second-order valence-electron chi connectivity index (χ2n) is 7.79. The molecule has 0 saturated carbocycles. The number of hydrogen-bond donors (Lipinski definition) is 1. The Balaban J connectivity index is 1.48. The number of nitrogens with one attached hydrogen (secondary N) is 1. The molecule has 1 aliphatic heterocycles. The molecule has 4 rings (SSSR count). The molecule has 1 N–H and O–H groups in total. The lowest BCUT2D eigenvalue weighted by Gasteiger charge is -2.14. The lowest BCUT2D eigenvalue weighted by atomic mass is 10.1. The Labute approximate surface area is 218 Å². The van der Waals surface area contributed by atoms with Gasteiger partial charge in [-0.3, -0.25) is 14.5 Å². The van der Waals surface area contributed by atoms with Crippen LogP contribution < -0.4 is 19.7 Å². The Morgan fingerprint density at radius 1 is 1.08 bits per heavy atom. The maximum Gasteiger partial charge on any atom is 0.270 e. The van der Waals surface area contributed by atoms with Gasteiger partial charge in [-0.1, -0.05) is 54.3 Å². The Morgan fingerprint density at radius 3 is 2.64 bits per heavy atom. The van der Waals surface area contributed by atoms with Gasteiger partial charge in [0.05, 0.1) is 17.2 Å². The van der Waals surface area contributed by atoms with Crippen molar-refractivity contribution < 1.29 is 23.5 Å². The van der Waals surface area contributed by atoms with E-state index in [0.717, 1.165) is 23.0 Å². The summed E-state index contributed by atoms with van der Waals surface area (Å²) in [6.07, 6.45) is 1.69. The smallest absolute Gasteiger partial charge is 0.270 e. The van der Waals surface area contributed by atoms with Crippen molar-refractivity contribution in [3.8, 4) is 11.5 Å². The average molecular weight is 523 g/mol. The van der Waals surface area contributed by atoms with E-state index in [1.54, 1.807) is 30.3 Å². The number of rotatable bonds is 8. The van der Waals surface area contributed by atoms with Crippen molar-refractivity contribution in [2.75, 3.05) is 23.4 Å². The molecule has 0 unspecified atom stereocenters. The summed E-state index contributed by atoms with van der Waals surface area (Å²) in [7, 11) is 0. The molecule has 6 nitrogen and oxygen atoms in total. The van der Waals surface area contributed by atoms with E-state index < -0.39 is 5.82 Å². The molecule has 2 amide bonds. The number of aryl methyl sites for hydroxylation is 1. The zero-order chi connectivity index (χ0) is 25.7. The zero-order valence-electron chi connectivity index (χ0n) is 19.6. The standard InChI is InChI=1S/C27H23FN2O4S2/c1-3-33-23-13-18(11-12-22(23)34-16-25(31)29-21-10-5-4-7-17(21)2)14-24-26(32)30(27(35)36-24)20-9-6-8-19(28)15-20/h4-15H,3,16H2,1-2H3,(H,29,31)/b24-14+. The summed E-state index contributed by atoms with van der Waals surface area (Å²) in [5.74, 6) is -0.231. The highest BCUT2D eigenvalue weighted by Gasteiger charge is 2.33. The highest BCUT2D eigenvalue weighted by molar-refractivity contribution is 8.27. The van der Waals surface area contributed by atoms with Gasteiger partial charge >= 0.3 is 0 Å². The molecule has 1 aliphatic rings. The van der Waals surface area contributed by atoms with E-state index in [1.165, 1.54) is 23.1 Å². The molecule has 3 aromatic rings. The molecule has 9 heteroatoms. The molecule has 0 aliphatic carbocycles. The SMILES string of the molecule is CCOc1cc(/C=C2/SC(=S)N(c3cccc(F)c3)C2=O)ccc1OCC(=O)Nc1ccccc1C. The Bertz CT molecular complexity index is 1360. The molecule has 184 valence electrons. The summed E-state index contributed by atoms with van der Waals surface area (Å²) in [4.78, 5) is 27.1. The van der Waals surface area contributed by atoms with Gasteiger partial charge in [-0.25, -0.2) is 4.39 Å². The molecule has 0 aromatic heterocycles. The minimum absolute atomic E-state index is 0.194. The van der Waals surface area contributed by atoms with Crippen molar-refractivity contribution >= 4 is 57.6 Å². The first-order valence-electron chi connectivity index (χ1n) is 11.1. The van der Waals surface area contributed by atoms with Gasteiger partial charge in [-0.2, -0.15) is 0 Å². The second-order valence-corrected chi connectivity index (χ2v) is 9.46. The largest absolute Gasteiger partial charge is 0.490 e. The number of thiocarbonyl (C=S) groups is 1. The molecule has 36 heavy (non-hydrogen) atoms. The first-order chi connectivity index (χ1) is 17.4. The quantitative estimate of drug-likeness (QED) is 0.291. The molecule has 1 fully saturated rings. The van der Waals surface area contributed by atoms with E-state index >= 15 is 0 Å². The summed E-state index contributed by atoms with van der Waals surface area (Å²) < 4.78 is 25.4. The van der Waals surface area contributed by atoms with Gasteiger partial charge in [-0.05, 0) is 67.4 Å². The van der Waals surface area contributed by atoms with Gasteiger partial charge in [0.2, 0.25) is 0 Å². The number of para-hydroxylation sites is 1. The van der Waals surface area contributed by atoms with Crippen LogP contribution in [0, 0.1) is 12.7 Å². The molecule has 0 radical (unpaired) electrons. The fourth-order valence-electron chi connectivity index (χ4n) is 3.50. The van der Waals surface area contributed by atoms with Crippen LogP contribution in [0.15, 0.2) is 71.6 Å². The van der Waals surface area contributed by atoms with Crippen LogP contribution in [0.2, 0.25) is 0 Å². The van der Waals surface area contributed by atoms with Crippen LogP contribution in [-0.4, -0.2) is 29.3 Å². The second kappa shape index (κ2) is 11.4. The third kappa shape index (κ3) is 5.92. The number of carbonyl (C=O) groups excluding carboxylic acids is 2. The van der Waals surface area contributed by atoms with E-state index in [1.807, 2.05) is 38.1 Å². The highest BCUT2D eigenvalue weighted by Crippen LogP contribution is 2.37. The van der Waals surface area contributed by atoms with Crippen LogP contribution in [0.4, 0.5) is 15.8 Å². The predicted octanol–water partition coefficient (Wildman–Crippen LogP) is 5.96. The summed E-state index contributed by atoms with van der Waals surface area (Å²) in [5.41, 5.74) is 2.74. The number of thioether (sulfide) groups is 1. The summed E-state index contributed by atoms with van der Waals surface area (Å²) >= 11 is 6.50. The van der Waals surface area contributed by atoms with Crippen LogP contribution in [0.3, 0.4) is 0 Å².